The molecule has 7 heteroatoms. The molecular formula is C15H13F2NO4. The third-order valence-corrected chi connectivity index (χ3v) is 3.50. The molecule has 2 aromatic rings. The zero-order valence-electron chi connectivity index (χ0n) is 11.8. The minimum atomic E-state index is -1.68. The van der Waals surface area contributed by atoms with Gasteiger partial charge in [-0.1, -0.05) is 0 Å². The molecule has 0 bridgehead atoms. The first-order valence-electron chi connectivity index (χ1n) is 6.86. The molecule has 0 N–H and O–H groups in total. The number of alkyl halides is 1. The van der Waals surface area contributed by atoms with E-state index < -0.39 is 23.6 Å². The first-order chi connectivity index (χ1) is 10.5. The van der Waals surface area contributed by atoms with Crippen LogP contribution in [-0.2, 0) is 4.74 Å². The van der Waals surface area contributed by atoms with Gasteiger partial charge < -0.3 is 9.47 Å². The Hall–Kier alpha value is -2.44. The van der Waals surface area contributed by atoms with Gasteiger partial charge in [-0.2, -0.15) is 4.39 Å². The second-order valence-electron chi connectivity index (χ2n) is 4.83. The number of hydrogen-bond acceptors (Lipinski definition) is 4. The van der Waals surface area contributed by atoms with E-state index in [0.29, 0.717) is 6.07 Å². The lowest BCUT2D eigenvalue weighted by Gasteiger charge is -2.15. The van der Waals surface area contributed by atoms with Crippen LogP contribution < -0.4 is 10.2 Å². The van der Waals surface area contributed by atoms with E-state index in [4.69, 9.17) is 9.47 Å². The predicted octanol–water partition coefficient (Wildman–Crippen LogP) is 2.57. The van der Waals surface area contributed by atoms with Crippen LogP contribution >= 0.6 is 0 Å². The molecule has 0 saturated carbocycles. The highest BCUT2D eigenvalue weighted by atomic mass is 19.1. The number of benzene rings is 1. The summed E-state index contributed by atoms with van der Waals surface area (Å²) in [6.45, 7) is 1.80. The van der Waals surface area contributed by atoms with Crippen molar-refractivity contribution in [2.45, 2.75) is 19.6 Å². The number of aromatic nitrogens is 1. The summed E-state index contributed by atoms with van der Waals surface area (Å²) in [7, 11) is 0. The summed E-state index contributed by atoms with van der Waals surface area (Å²) in [6.07, 6.45) is -1.74. The Bertz CT molecular complexity index is 815. The van der Waals surface area contributed by atoms with E-state index in [1.165, 1.54) is 12.1 Å². The highest BCUT2D eigenvalue weighted by Gasteiger charge is 2.26. The maximum absolute atomic E-state index is 14.2. The fourth-order valence-corrected chi connectivity index (χ4v) is 2.58. The highest BCUT2D eigenvalue weighted by Crippen LogP contribution is 2.34. The van der Waals surface area contributed by atoms with Gasteiger partial charge in [-0.15, -0.1) is 0 Å². The van der Waals surface area contributed by atoms with Crippen LogP contribution in [0.25, 0.3) is 10.9 Å². The Balaban J connectivity index is 2.43. The van der Waals surface area contributed by atoms with Crippen molar-refractivity contribution in [1.29, 1.82) is 0 Å². The fraction of sp³-hybridized carbons (Fsp3) is 0.333. The standard InChI is InChI=1S/C15H13F2NO4/c1-2-21-15(20)8-3-4-10-14-13(8)9(19)7-12(17)18(14)11(16)5-6-22-10/h3-4,7,11H,2,5-6H2,1H3. The minimum absolute atomic E-state index is 0.0305. The van der Waals surface area contributed by atoms with E-state index in [1.54, 1.807) is 6.92 Å². The van der Waals surface area contributed by atoms with Gasteiger partial charge >= 0.3 is 5.97 Å². The van der Waals surface area contributed by atoms with Crippen LogP contribution in [0.1, 0.15) is 30.0 Å². The molecule has 0 amide bonds. The van der Waals surface area contributed by atoms with Gasteiger partial charge in [0.2, 0.25) is 5.95 Å². The Morgan fingerprint density at radius 3 is 3.00 bits per heavy atom. The molecule has 2 heterocycles. The third kappa shape index (κ3) is 2.13. The molecule has 3 rings (SSSR count). The summed E-state index contributed by atoms with van der Waals surface area (Å²) < 4.78 is 39.3. The Labute approximate surface area is 124 Å². The van der Waals surface area contributed by atoms with Crippen molar-refractivity contribution in [2.75, 3.05) is 13.2 Å². The predicted molar refractivity (Wildman–Crippen MR) is 74.4 cm³/mol. The van der Waals surface area contributed by atoms with Crippen LogP contribution in [0, 0.1) is 5.95 Å². The molecule has 22 heavy (non-hydrogen) atoms. The molecule has 0 fully saturated rings. The fourth-order valence-electron chi connectivity index (χ4n) is 2.58. The van der Waals surface area contributed by atoms with Gasteiger partial charge in [-0.25, -0.2) is 9.18 Å². The maximum Gasteiger partial charge on any atom is 0.338 e. The Morgan fingerprint density at radius 1 is 1.50 bits per heavy atom. The molecule has 1 aliphatic heterocycles. The minimum Gasteiger partial charge on any atom is -0.491 e. The van der Waals surface area contributed by atoms with Crippen LogP contribution in [0.5, 0.6) is 5.75 Å². The maximum atomic E-state index is 14.2. The van der Waals surface area contributed by atoms with Crippen molar-refractivity contribution in [2.24, 2.45) is 0 Å². The van der Waals surface area contributed by atoms with Gasteiger partial charge in [0, 0.05) is 12.5 Å². The number of halogens is 2. The quantitative estimate of drug-likeness (QED) is 0.632. The number of rotatable bonds is 2. The van der Waals surface area contributed by atoms with Gasteiger partial charge in [-0.05, 0) is 19.1 Å². The molecule has 1 atom stereocenters. The summed E-state index contributed by atoms with van der Waals surface area (Å²) in [5.41, 5.74) is -0.802. The second kappa shape index (κ2) is 5.40. The largest absolute Gasteiger partial charge is 0.491 e. The Kier molecular flexibility index (Phi) is 3.56. The lowest BCUT2D eigenvalue weighted by atomic mass is 10.1. The van der Waals surface area contributed by atoms with Crippen molar-refractivity contribution in [3.8, 4) is 5.75 Å². The molecule has 0 radical (unpaired) electrons. The molecule has 0 aliphatic carbocycles. The lowest BCUT2D eigenvalue weighted by Crippen LogP contribution is -2.18. The topological polar surface area (TPSA) is 57.5 Å². The van der Waals surface area contributed by atoms with Crippen molar-refractivity contribution in [1.82, 2.24) is 4.57 Å². The zero-order valence-corrected chi connectivity index (χ0v) is 11.8. The smallest absolute Gasteiger partial charge is 0.338 e. The molecule has 1 aromatic heterocycles. The summed E-state index contributed by atoms with van der Waals surface area (Å²) in [5.74, 6) is -1.55. The average Bonchev–Trinajstić information content (AvgIpc) is 2.63. The average molecular weight is 309 g/mol. The molecule has 5 nitrogen and oxygen atoms in total. The van der Waals surface area contributed by atoms with Gasteiger partial charge in [0.1, 0.15) is 11.3 Å². The summed E-state index contributed by atoms with van der Waals surface area (Å²) in [6, 6.07) is 3.46. The molecule has 0 saturated heterocycles. The molecule has 1 aliphatic rings. The van der Waals surface area contributed by atoms with E-state index in [0.717, 1.165) is 4.57 Å². The number of esters is 1. The van der Waals surface area contributed by atoms with Crippen molar-refractivity contribution in [3.05, 3.63) is 39.9 Å². The van der Waals surface area contributed by atoms with Crippen molar-refractivity contribution >= 4 is 16.9 Å². The van der Waals surface area contributed by atoms with Gasteiger partial charge in [0.05, 0.1) is 24.2 Å². The number of carbonyl (C=O) groups is 1. The van der Waals surface area contributed by atoms with Crippen LogP contribution in [0.2, 0.25) is 0 Å². The summed E-state index contributed by atoms with van der Waals surface area (Å²) >= 11 is 0. The normalized spacial score (nSPS) is 17.0. The van der Waals surface area contributed by atoms with E-state index >= 15 is 0 Å². The molecular weight excluding hydrogens is 296 g/mol. The van der Waals surface area contributed by atoms with Crippen LogP contribution in [0.4, 0.5) is 8.78 Å². The molecule has 1 aromatic carbocycles. The van der Waals surface area contributed by atoms with E-state index in [-0.39, 0.29) is 41.9 Å². The highest BCUT2D eigenvalue weighted by molar-refractivity contribution is 6.05. The third-order valence-electron chi connectivity index (χ3n) is 3.50. The van der Waals surface area contributed by atoms with Crippen molar-refractivity contribution < 1.29 is 23.0 Å². The van der Waals surface area contributed by atoms with E-state index in [2.05, 4.69) is 0 Å². The second-order valence-corrected chi connectivity index (χ2v) is 4.83. The van der Waals surface area contributed by atoms with Gasteiger partial charge in [0.25, 0.3) is 0 Å². The van der Waals surface area contributed by atoms with Gasteiger partial charge in [-0.3, -0.25) is 9.36 Å². The number of ether oxygens (including phenoxy) is 2. The number of nitrogens with zero attached hydrogens (tertiary/aromatic N) is 1. The van der Waals surface area contributed by atoms with Crippen LogP contribution in [-0.4, -0.2) is 23.8 Å². The van der Waals surface area contributed by atoms with Gasteiger partial charge in [0.15, 0.2) is 11.7 Å². The number of hydrogen-bond donors (Lipinski definition) is 0. The Morgan fingerprint density at radius 2 is 2.27 bits per heavy atom. The lowest BCUT2D eigenvalue weighted by molar-refractivity contribution is 0.0528. The molecule has 116 valence electrons. The van der Waals surface area contributed by atoms with Crippen molar-refractivity contribution in [3.63, 3.8) is 0 Å². The summed E-state index contributed by atoms with van der Waals surface area (Å²) in [5, 5.41) is -0.0955. The monoisotopic (exact) mass is 309 g/mol. The SMILES string of the molecule is CCOC(=O)c1ccc2c3c1c(=O)cc(F)n3C(F)CCO2. The molecule has 0 spiro atoms. The number of pyridine rings is 1. The zero-order chi connectivity index (χ0) is 15.9. The van der Waals surface area contributed by atoms with E-state index in [9.17, 15) is 18.4 Å². The van der Waals surface area contributed by atoms with Crippen LogP contribution in [0.3, 0.4) is 0 Å². The van der Waals surface area contributed by atoms with E-state index in [1.807, 2.05) is 0 Å². The first kappa shape index (κ1) is 14.5. The number of carbonyl (C=O) groups excluding carboxylic acids is 1. The van der Waals surface area contributed by atoms with Crippen LogP contribution in [0.15, 0.2) is 23.0 Å². The first-order valence-corrected chi connectivity index (χ1v) is 6.86. The molecule has 1 unspecified atom stereocenters. The summed E-state index contributed by atoms with van der Waals surface area (Å²) in [4.78, 5) is 24.1.